The molecule has 0 saturated carbocycles. The van der Waals surface area contributed by atoms with Gasteiger partial charge in [-0.15, -0.1) is 11.3 Å². The molecule has 0 fully saturated rings. The van der Waals surface area contributed by atoms with Crippen molar-refractivity contribution in [3.8, 4) is 11.4 Å². The Morgan fingerprint density at radius 1 is 1.04 bits per heavy atom. The van der Waals surface area contributed by atoms with Gasteiger partial charge in [0.1, 0.15) is 5.75 Å². The fourth-order valence-corrected chi connectivity index (χ4v) is 3.73. The van der Waals surface area contributed by atoms with Crippen LogP contribution in [0.2, 0.25) is 0 Å². The summed E-state index contributed by atoms with van der Waals surface area (Å²) >= 11 is 1.59. The van der Waals surface area contributed by atoms with Crippen LogP contribution in [0.25, 0.3) is 16.5 Å². The third kappa shape index (κ3) is 3.42. The van der Waals surface area contributed by atoms with Gasteiger partial charge in [0.15, 0.2) is 0 Å². The number of hydrogen-bond acceptors (Lipinski definition) is 4. The van der Waals surface area contributed by atoms with Gasteiger partial charge in [-0.2, -0.15) is 0 Å². The highest BCUT2D eigenvalue weighted by Gasteiger charge is 2.15. The van der Waals surface area contributed by atoms with Crippen molar-refractivity contribution in [1.29, 1.82) is 0 Å². The van der Waals surface area contributed by atoms with Crippen molar-refractivity contribution >= 4 is 28.0 Å². The number of thiophene rings is 1. The molecular formula is C22H18N2O3S. The van der Waals surface area contributed by atoms with E-state index in [1.807, 2.05) is 23.6 Å². The number of nitrogens with one attached hydrogen (secondary N) is 1. The highest BCUT2D eigenvalue weighted by Crippen LogP contribution is 2.20. The Kier molecular flexibility index (Phi) is 4.95. The highest BCUT2D eigenvalue weighted by atomic mass is 32.1. The van der Waals surface area contributed by atoms with Crippen LogP contribution in [0.3, 0.4) is 0 Å². The quantitative estimate of drug-likeness (QED) is 0.561. The average molecular weight is 390 g/mol. The Morgan fingerprint density at radius 3 is 2.46 bits per heavy atom. The molecule has 0 spiro atoms. The zero-order valence-electron chi connectivity index (χ0n) is 15.2. The first-order valence-corrected chi connectivity index (χ1v) is 9.65. The molecule has 0 aliphatic carbocycles. The van der Waals surface area contributed by atoms with Crippen molar-refractivity contribution in [3.63, 3.8) is 0 Å². The van der Waals surface area contributed by atoms with Gasteiger partial charge in [0.05, 0.1) is 19.2 Å². The van der Waals surface area contributed by atoms with Crippen molar-refractivity contribution in [2.75, 3.05) is 7.11 Å². The largest absolute Gasteiger partial charge is 0.497 e. The number of methoxy groups -OCH3 is 1. The molecule has 0 unspecified atom stereocenters. The van der Waals surface area contributed by atoms with Crippen LogP contribution in [-0.4, -0.2) is 17.6 Å². The van der Waals surface area contributed by atoms with Crippen LogP contribution in [-0.2, 0) is 6.54 Å². The number of nitrogens with zero attached hydrogens (tertiary/aromatic N) is 1. The lowest BCUT2D eigenvalue weighted by molar-refractivity contribution is 0.0952. The zero-order valence-corrected chi connectivity index (χ0v) is 16.0. The Hall–Kier alpha value is -3.38. The van der Waals surface area contributed by atoms with Crippen LogP contribution in [0, 0.1) is 0 Å². The summed E-state index contributed by atoms with van der Waals surface area (Å²) in [6.07, 6.45) is 1.61. The van der Waals surface area contributed by atoms with E-state index < -0.39 is 0 Å². The summed E-state index contributed by atoms with van der Waals surface area (Å²) in [5, 5.41) is 6.06. The second-order valence-electron chi connectivity index (χ2n) is 6.22. The first kappa shape index (κ1) is 18.0. The number of pyridine rings is 1. The SMILES string of the molecule is COc1ccc(-n2cc(C(=O)NCc3cccs3)c3ccccc3c2=O)cc1. The summed E-state index contributed by atoms with van der Waals surface area (Å²) in [5.41, 5.74) is 0.960. The molecule has 2 heterocycles. The van der Waals surface area contributed by atoms with Crippen LogP contribution < -0.4 is 15.6 Å². The van der Waals surface area contributed by atoms with E-state index >= 15 is 0 Å². The fourth-order valence-electron chi connectivity index (χ4n) is 3.08. The number of fused-ring (bicyclic) bond motifs is 1. The molecule has 2 aromatic carbocycles. The Bertz CT molecular complexity index is 1180. The number of carbonyl (C=O) groups is 1. The van der Waals surface area contributed by atoms with Crippen molar-refractivity contribution in [2.24, 2.45) is 0 Å². The molecule has 1 amide bonds. The normalized spacial score (nSPS) is 10.8. The van der Waals surface area contributed by atoms with Gasteiger partial charge in [-0.3, -0.25) is 14.2 Å². The Balaban J connectivity index is 1.79. The van der Waals surface area contributed by atoms with E-state index in [9.17, 15) is 9.59 Å². The molecule has 0 bridgehead atoms. The predicted molar refractivity (Wildman–Crippen MR) is 112 cm³/mol. The average Bonchev–Trinajstić information content (AvgIpc) is 3.26. The standard InChI is InChI=1S/C22H18N2O3S/c1-27-16-10-8-15(9-11-16)24-14-20(18-6-2-3-7-19(18)22(24)26)21(25)23-13-17-5-4-12-28-17/h2-12,14H,13H2,1H3,(H,23,25). The lowest BCUT2D eigenvalue weighted by Crippen LogP contribution is -2.26. The van der Waals surface area contributed by atoms with Crippen LogP contribution >= 0.6 is 11.3 Å². The molecule has 2 aromatic heterocycles. The summed E-state index contributed by atoms with van der Waals surface area (Å²) in [5.74, 6) is 0.485. The fraction of sp³-hybridized carbons (Fsp3) is 0.0909. The molecule has 0 saturated heterocycles. The summed E-state index contributed by atoms with van der Waals surface area (Å²) < 4.78 is 6.69. The van der Waals surface area contributed by atoms with Gasteiger partial charge in [-0.25, -0.2) is 0 Å². The van der Waals surface area contributed by atoms with Gasteiger partial charge in [0, 0.05) is 27.5 Å². The van der Waals surface area contributed by atoms with E-state index in [0.29, 0.717) is 34.3 Å². The molecular weight excluding hydrogens is 372 g/mol. The van der Waals surface area contributed by atoms with E-state index in [1.54, 1.807) is 67.1 Å². The van der Waals surface area contributed by atoms with E-state index in [-0.39, 0.29) is 11.5 Å². The Labute approximate surface area is 165 Å². The zero-order chi connectivity index (χ0) is 19.5. The Morgan fingerprint density at radius 2 is 1.79 bits per heavy atom. The number of benzene rings is 2. The van der Waals surface area contributed by atoms with Gasteiger partial charge in [-0.05, 0) is 41.8 Å². The van der Waals surface area contributed by atoms with Gasteiger partial charge in [0.25, 0.3) is 11.5 Å². The number of rotatable bonds is 5. The number of amides is 1. The smallest absolute Gasteiger partial charge is 0.262 e. The van der Waals surface area contributed by atoms with E-state index in [1.165, 1.54) is 4.57 Å². The van der Waals surface area contributed by atoms with E-state index in [4.69, 9.17) is 4.74 Å². The van der Waals surface area contributed by atoms with Crippen molar-refractivity contribution < 1.29 is 9.53 Å². The second kappa shape index (κ2) is 7.70. The molecule has 0 radical (unpaired) electrons. The first-order valence-electron chi connectivity index (χ1n) is 8.77. The van der Waals surface area contributed by atoms with E-state index in [2.05, 4.69) is 5.32 Å². The van der Waals surface area contributed by atoms with Gasteiger partial charge >= 0.3 is 0 Å². The lowest BCUT2D eigenvalue weighted by atomic mass is 10.1. The van der Waals surface area contributed by atoms with Crippen molar-refractivity contribution in [3.05, 3.63) is 93.0 Å². The number of aromatic nitrogens is 1. The predicted octanol–water partition coefficient (Wildman–Crippen LogP) is 3.99. The second-order valence-corrected chi connectivity index (χ2v) is 7.26. The maximum atomic E-state index is 13.0. The molecule has 5 nitrogen and oxygen atoms in total. The third-order valence-corrected chi connectivity index (χ3v) is 5.40. The lowest BCUT2D eigenvalue weighted by Gasteiger charge is -2.13. The van der Waals surface area contributed by atoms with Crippen molar-refractivity contribution in [1.82, 2.24) is 9.88 Å². The molecule has 4 rings (SSSR count). The minimum atomic E-state index is -0.216. The first-order chi connectivity index (χ1) is 13.7. The van der Waals surface area contributed by atoms with Crippen LogP contribution in [0.4, 0.5) is 0 Å². The van der Waals surface area contributed by atoms with Crippen molar-refractivity contribution in [2.45, 2.75) is 6.54 Å². The highest BCUT2D eigenvalue weighted by molar-refractivity contribution is 7.09. The van der Waals surface area contributed by atoms with Gasteiger partial charge in [-0.1, -0.05) is 24.3 Å². The van der Waals surface area contributed by atoms with Crippen LogP contribution in [0.15, 0.2) is 77.0 Å². The molecule has 0 aliphatic rings. The summed E-state index contributed by atoms with van der Waals surface area (Å²) in [6.45, 7) is 0.451. The van der Waals surface area contributed by atoms with Crippen LogP contribution in [0.5, 0.6) is 5.75 Å². The third-order valence-electron chi connectivity index (χ3n) is 4.52. The molecule has 140 valence electrons. The summed E-state index contributed by atoms with van der Waals surface area (Å²) in [7, 11) is 1.59. The molecule has 28 heavy (non-hydrogen) atoms. The van der Waals surface area contributed by atoms with E-state index in [0.717, 1.165) is 4.88 Å². The minimum absolute atomic E-state index is 0.171. The summed E-state index contributed by atoms with van der Waals surface area (Å²) in [6, 6.07) is 18.3. The maximum absolute atomic E-state index is 13.0. The van der Waals surface area contributed by atoms with Gasteiger partial charge < -0.3 is 10.1 Å². The molecule has 6 heteroatoms. The number of carbonyl (C=O) groups excluding carboxylic acids is 1. The maximum Gasteiger partial charge on any atom is 0.262 e. The number of ether oxygens (including phenoxy) is 1. The molecule has 1 N–H and O–H groups in total. The summed E-state index contributed by atoms with van der Waals surface area (Å²) in [4.78, 5) is 27.0. The van der Waals surface area contributed by atoms with Crippen LogP contribution in [0.1, 0.15) is 15.2 Å². The molecule has 0 aliphatic heterocycles. The number of hydrogen-bond donors (Lipinski definition) is 1. The van der Waals surface area contributed by atoms with Gasteiger partial charge in [0.2, 0.25) is 0 Å². The monoisotopic (exact) mass is 390 g/mol. The molecule has 4 aromatic rings. The minimum Gasteiger partial charge on any atom is -0.497 e. The molecule has 0 atom stereocenters. The topological polar surface area (TPSA) is 60.3 Å².